The first kappa shape index (κ1) is 21.7. The molecule has 3 rings (SSSR count). The fraction of sp³-hybridized carbons (Fsp3) is 0.217. The maximum atomic E-state index is 13.9. The zero-order chi connectivity index (χ0) is 20.8. The quantitative estimate of drug-likeness (QED) is 0.322. The molecule has 1 N–H and O–H groups in total. The number of halogens is 3. The molecule has 6 heteroatoms. The molecule has 3 aromatic carbocycles. The van der Waals surface area contributed by atoms with E-state index in [1.165, 1.54) is 6.07 Å². The van der Waals surface area contributed by atoms with Crippen LogP contribution in [0.25, 0.3) is 0 Å². The lowest BCUT2D eigenvalue weighted by atomic mass is 10.1. The molecule has 0 amide bonds. The number of hydrogen-bond donors (Lipinski definition) is 1. The van der Waals surface area contributed by atoms with Crippen LogP contribution in [0.3, 0.4) is 0 Å². The van der Waals surface area contributed by atoms with Crippen molar-refractivity contribution in [3.8, 4) is 11.5 Å². The molecule has 0 aliphatic rings. The van der Waals surface area contributed by atoms with Gasteiger partial charge in [-0.2, -0.15) is 0 Å². The molecule has 3 aromatic rings. The third-order valence-corrected chi connectivity index (χ3v) is 5.42. The van der Waals surface area contributed by atoms with Crippen molar-refractivity contribution >= 4 is 39.9 Å². The highest BCUT2D eigenvalue weighted by Crippen LogP contribution is 2.35. The standard InChI is InChI=1S/C23H22ClFINO2/c1-3-28-22-11-16(13-27-21-12-18(24)9-8-15(21)2)10-20(26)23(22)29-14-17-6-4-5-7-19(17)25/h4-12,27H,3,13-14H2,1-2H3. The van der Waals surface area contributed by atoms with Crippen LogP contribution in [0.5, 0.6) is 11.5 Å². The van der Waals surface area contributed by atoms with Crippen molar-refractivity contribution in [3.05, 3.63) is 85.7 Å². The molecule has 0 aromatic heterocycles. The molecule has 152 valence electrons. The highest BCUT2D eigenvalue weighted by molar-refractivity contribution is 14.1. The van der Waals surface area contributed by atoms with Gasteiger partial charge in [0.1, 0.15) is 12.4 Å². The number of nitrogens with one attached hydrogen (secondary N) is 1. The molecule has 0 fully saturated rings. The van der Waals surface area contributed by atoms with Crippen LogP contribution < -0.4 is 14.8 Å². The molecule has 0 unspecified atom stereocenters. The van der Waals surface area contributed by atoms with Gasteiger partial charge in [-0.25, -0.2) is 4.39 Å². The zero-order valence-electron chi connectivity index (χ0n) is 16.3. The van der Waals surface area contributed by atoms with Gasteiger partial charge in [-0.15, -0.1) is 0 Å². The molecule has 3 nitrogen and oxygen atoms in total. The average Bonchev–Trinajstić information content (AvgIpc) is 2.69. The minimum absolute atomic E-state index is 0.141. The lowest BCUT2D eigenvalue weighted by Crippen LogP contribution is -2.06. The SMILES string of the molecule is CCOc1cc(CNc2cc(Cl)ccc2C)cc(I)c1OCc1ccccc1F. The highest BCUT2D eigenvalue weighted by atomic mass is 127. The predicted octanol–water partition coefficient (Wildman–Crippen LogP) is 6.98. The largest absolute Gasteiger partial charge is 0.490 e. The minimum atomic E-state index is -0.279. The van der Waals surface area contributed by atoms with E-state index in [0.717, 1.165) is 20.4 Å². The molecule has 0 bridgehead atoms. The van der Waals surface area contributed by atoms with Gasteiger partial charge in [-0.1, -0.05) is 35.9 Å². The first-order valence-electron chi connectivity index (χ1n) is 9.29. The van der Waals surface area contributed by atoms with Gasteiger partial charge in [0.05, 0.1) is 10.2 Å². The third kappa shape index (κ3) is 5.76. The smallest absolute Gasteiger partial charge is 0.174 e. The summed E-state index contributed by atoms with van der Waals surface area (Å²) < 4.78 is 26.5. The Morgan fingerprint density at radius 1 is 1.07 bits per heavy atom. The van der Waals surface area contributed by atoms with Gasteiger partial charge in [0.2, 0.25) is 0 Å². The maximum absolute atomic E-state index is 13.9. The summed E-state index contributed by atoms with van der Waals surface area (Å²) in [6, 6.07) is 16.4. The van der Waals surface area contributed by atoms with E-state index in [4.69, 9.17) is 21.1 Å². The lowest BCUT2D eigenvalue weighted by molar-refractivity contribution is 0.264. The Labute approximate surface area is 189 Å². The molecule has 29 heavy (non-hydrogen) atoms. The minimum Gasteiger partial charge on any atom is -0.490 e. The van der Waals surface area contributed by atoms with E-state index in [2.05, 4.69) is 27.9 Å². The Hall–Kier alpha value is -1.99. The fourth-order valence-electron chi connectivity index (χ4n) is 2.87. The number of hydrogen-bond acceptors (Lipinski definition) is 3. The topological polar surface area (TPSA) is 30.5 Å². The second-order valence-corrected chi connectivity index (χ2v) is 8.13. The lowest BCUT2D eigenvalue weighted by Gasteiger charge is -2.17. The Morgan fingerprint density at radius 2 is 1.86 bits per heavy atom. The van der Waals surface area contributed by atoms with Gasteiger partial charge in [-0.3, -0.25) is 0 Å². The number of anilines is 1. The Bertz CT molecular complexity index is 997. The van der Waals surface area contributed by atoms with Gasteiger partial charge in [0, 0.05) is 22.8 Å². The van der Waals surface area contributed by atoms with Crippen LogP contribution in [0.2, 0.25) is 5.02 Å². The van der Waals surface area contributed by atoms with Crippen LogP contribution in [0.4, 0.5) is 10.1 Å². The van der Waals surface area contributed by atoms with E-state index in [0.29, 0.717) is 35.2 Å². The molecule has 0 spiro atoms. The monoisotopic (exact) mass is 525 g/mol. The predicted molar refractivity (Wildman–Crippen MR) is 125 cm³/mol. The Morgan fingerprint density at radius 3 is 2.62 bits per heavy atom. The van der Waals surface area contributed by atoms with E-state index in [-0.39, 0.29) is 12.4 Å². The first-order valence-corrected chi connectivity index (χ1v) is 10.7. The van der Waals surface area contributed by atoms with Crippen LogP contribution in [0.15, 0.2) is 54.6 Å². The first-order chi connectivity index (χ1) is 14.0. The summed E-state index contributed by atoms with van der Waals surface area (Å²) >= 11 is 8.32. The molecule has 0 aliphatic heterocycles. The summed E-state index contributed by atoms with van der Waals surface area (Å²) in [7, 11) is 0. The Kier molecular flexibility index (Phi) is 7.61. The summed E-state index contributed by atoms with van der Waals surface area (Å²) in [4.78, 5) is 0. The fourth-order valence-corrected chi connectivity index (χ4v) is 3.87. The third-order valence-electron chi connectivity index (χ3n) is 4.38. The summed E-state index contributed by atoms with van der Waals surface area (Å²) in [5.41, 5.74) is 3.67. The van der Waals surface area contributed by atoms with Crippen molar-refractivity contribution in [2.24, 2.45) is 0 Å². The van der Waals surface area contributed by atoms with Gasteiger partial charge < -0.3 is 14.8 Å². The number of aryl methyl sites for hydroxylation is 1. The molecule has 0 atom stereocenters. The van der Waals surface area contributed by atoms with E-state index >= 15 is 0 Å². The normalized spacial score (nSPS) is 10.7. The van der Waals surface area contributed by atoms with Crippen LogP contribution in [-0.4, -0.2) is 6.61 Å². The van der Waals surface area contributed by atoms with Gasteiger partial charge in [0.25, 0.3) is 0 Å². The molecule has 0 radical (unpaired) electrons. The van der Waals surface area contributed by atoms with Crippen molar-refractivity contribution < 1.29 is 13.9 Å². The molecular weight excluding hydrogens is 504 g/mol. The summed E-state index contributed by atoms with van der Waals surface area (Å²) in [5.74, 6) is 0.993. The second-order valence-electron chi connectivity index (χ2n) is 6.53. The van der Waals surface area contributed by atoms with E-state index in [1.807, 2.05) is 44.2 Å². The van der Waals surface area contributed by atoms with Gasteiger partial charge >= 0.3 is 0 Å². The number of rotatable bonds is 8. The number of ether oxygens (including phenoxy) is 2. The van der Waals surface area contributed by atoms with Crippen LogP contribution in [-0.2, 0) is 13.2 Å². The summed E-state index contributed by atoms with van der Waals surface area (Å²) in [6.45, 7) is 5.23. The zero-order valence-corrected chi connectivity index (χ0v) is 19.2. The van der Waals surface area contributed by atoms with Crippen molar-refractivity contribution in [1.82, 2.24) is 0 Å². The van der Waals surface area contributed by atoms with Crippen molar-refractivity contribution in [2.75, 3.05) is 11.9 Å². The Balaban J connectivity index is 1.78. The van der Waals surface area contributed by atoms with E-state index < -0.39 is 0 Å². The molecule has 0 saturated heterocycles. The van der Waals surface area contributed by atoms with Crippen LogP contribution >= 0.6 is 34.2 Å². The van der Waals surface area contributed by atoms with Crippen LogP contribution in [0, 0.1) is 16.3 Å². The van der Waals surface area contributed by atoms with Crippen molar-refractivity contribution in [1.29, 1.82) is 0 Å². The van der Waals surface area contributed by atoms with E-state index in [1.54, 1.807) is 18.2 Å². The molecule has 0 aliphatic carbocycles. The van der Waals surface area contributed by atoms with Crippen molar-refractivity contribution in [2.45, 2.75) is 27.0 Å². The maximum Gasteiger partial charge on any atom is 0.174 e. The summed E-state index contributed by atoms with van der Waals surface area (Å²) in [6.07, 6.45) is 0. The van der Waals surface area contributed by atoms with Gasteiger partial charge in [0.15, 0.2) is 11.5 Å². The summed E-state index contributed by atoms with van der Waals surface area (Å²) in [5, 5.41) is 4.11. The van der Waals surface area contributed by atoms with Gasteiger partial charge in [-0.05, 0) is 77.9 Å². The number of benzene rings is 3. The molecule has 0 heterocycles. The van der Waals surface area contributed by atoms with E-state index in [9.17, 15) is 4.39 Å². The van der Waals surface area contributed by atoms with Crippen molar-refractivity contribution in [3.63, 3.8) is 0 Å². The second kappa shape index (κ2) is 10.2. The average molecular weight is 526 g/mol. The highest BCUT2D eigenvalue weighted by Gasteiger charge is 2.14. The molecule has 0 saturated carbocycles. The van der Waals surface area contributed by atoms with Crippen LogP contribution in [0.1, 0.15) is 23.6 Å². The molecular formula is C23H22ClFINO2.